The first-order chi connectivity index (χ1) is 5.42. The van der Waals surface area contributed by atoms with Crippen molar-refractivity contribution in [3.63, 3.8) is 0 Å². The van der Waals surface area contributed by atoms with E-state index in [1.165, 1.54) is 10.6 Å². The standard InChI is InChI=1S/C9H11NS.ClH/c1-2-10-7-11-9-6-4-3-5-8(9)10;/h3-6H,2,7H2,1H3;1H. The quantitative estimate of drug-likeness (QED) is 0.688. The Morgan fingerprint density at radius 2 is 2.17 bits per heavy atom. The number of hydrogen-bond donors (Lipinski definition) is 0. The molecule has 0 amide bonds. The molecule has 0 bridgehead atoms. The van der Waals surface area contributed by atoms with Gasteiger partial charge in [0.25, 0.3) is 0 Å². The summed E-state index contributed by atoms with van der Waals surface area (Å²) in [4.78, 5) is 3.81. The van der Waals surface area contributed by atoms with E-state index in [0.717, 1.165) is 12.4 Å². The number of nitrogens with zero attached hydrogens (tertiary/aromatic N) is 1. The molecule has 2 rings (SSSR count). The van der Waals surface area contributed by atoms with Crippen molar-refractivity contribution < 1.29 is 0 Å². The second kappa shape index (κ2) is 4.06. The fourth-order valence-electron chi connectivity index (χ4n) is 1.32. The van der Waals surface area contributed by atoms with E-state index in [0.29, 0.717) is 0 Å². The molecule has 1 nitrogen and oxygen atoms in total. The van der Waals surface area contributed by atoms with Gasteiger partial charge >= 0.3 is 0 Å². The van der Waals surface area contributed by atoms with Crippen LogP contribution in [0.15, 0.2) is 29.2 Å². The highest BCUT2D eigenvalue weighted by Crippen LogP contribution is 2.37. The number of benzene rings is 1. The molecule has 0 unspecified atom stereocenters. The van der Waals surface area contributed by atoms with Crippen LogP contribution in [0.3, 0.4) is 0 Å². The zero-order chi connectivity index (χ0) is 7.68. The monoisotopic (exact) mass is 201 g/mol. The predicted molar refractivity (Wildman–Crippen MR) is 57.4 cm³/mol. The molecule has 0 N–H and O–H groups in total. The maximum atomic E-state index is 2.39. The van der Waals surface area contributed by atoms with E-state index in [9.17, 15) is 0 Å². The SMILES string of the molecule is CCN1CSc2ccccc21.Cl. The summed E-state index contributed by atoms with van der Waals surface area (Å²) in [7, 11) is 0. The molecule has 0 spiro atoms. The summed E-state index contributed by atoms with van der Waals surface area (Å²) >= 11 is 1.93. The van der Waals surface area contributed by atoms with Crippen LogP contribution in [0, 0.1) is 0 Å². The molecule has 1 heterocycles. The molecule has 1 aromatic carbocycles. The molecular weight excluding hydrogens is 190 g/mol. The Bertz CT molecular complexity index is 264. The third-order valence-corrected chi connectivity index (χ3v) is 3.06. The fourth-order valence-corrected chi connectivity index (χ4v) is 2.46. The van der Waals surface area contributed by atoms with Crippen LogP contribution in [0.5, 0.6) is 0 Å². The summed E-state index contributed by atoms with van der Waals surface area (Å²) < 4.78 is 0. The number of rotatable bonds is 1. The van der Waals surface area contributed by atoms with Gasteiger partial charge in [-0.2, -0.15) is 0 Å². The van der Waals surface area contributed by atoms with Gasteiger partial charge in [-0.05, 0) is 19.1 Å². The van der Waals surface area contributed by atoms with Crippen LogP contribution in [0.4, 0.5) is 5.69 Å². The van der Waals surface area contributed by atoms with Crippen LogP contribution in [0.25, 0.3) is 0 Å². The van der Waals surface area contributed by atoms with Gasteiger partial charge in [0.2, 0.25) is 0 Å². The van der Waals surface area contributed by atoms with E-state index >= 15 is 0 Å². The van der Waals surface area contributed by atoms with Crippen molar-refractivity contribution in [3.05, 3.63) is 24.3 Å². The summed E-state index contributed by atoms with van der Waals surface area (Å²) in [6.45, 7) is 3.31. The molecule has 66 valence electrons. The zero-order valence-electron chi connectivity index (χ0n) is 6.99. The Kier molecular flexibility index (Phi) is 3.29. The third kappa shape index (κ3) is 1.54. The fraction of sp³-hybridized carbons (Fsp3) is 0.333. The molecule has 0 radical (unpaired) electrons. The second-order valence-electron chi connectivity index (χ2n) is 2.60. The molecular formula is C9H12ClNS. The largest absolute Gasteiger partial charge is 0.361 e. The molecule has 1 aliphatic rings. The van der Waals surface area contributed by atoms with Gasteiger partial charge in [0.1, 0.15) is 0 Å². The molecule has 0 fully saturated rings. The minimum atomic E-state index is 0. The van der Waals surface area contributed by atoms with Gasteiger partial charge in [-0.3, -0.25) is 0 Å². The number of fused-ring (bicyclic) bond motifs is 1. The van der Waals surface area contributed by atoms with Gasteiger partial charge in [0.05, 0.1) is 11.6 Å². The second-order valence-corrected chi connectivity index (χ2v) is 3.58. The van der Waals surface area contributed by atoms with Crippen molar-refractivity contribution in [2.24, 2.45) is 0 Å². The Labute approximate surface area is 83.6 Å². The average molecular weight is 202 g/mol. The van der Waals surface area contributed by atoms with Gasteiger partial charge in [0.15, 0.2) is 0 Å². The molecule has 3 heteroatoms. The lowest BCUT2D eigenvalue weighted by molar-refractivity contribution is 0.951. The molecule has 0 aliphatic carbocycles. The first-order valence-corrected chi connectivity index (χ1v) is 4.87. The van der Waals surface area contributed by atoms with E-state index < -0.39 is 0 Å². The zero-order valence-corrected chi connectivity index (χ0v) is 8.62. The number of halogens is 1. The van der Waals surface area contributed by atoms with Gasteiger partial charge < -0.3 is 4.90 Å². The summed E-state index contributed by atoms with van der Waals surface area (Å²) in [5.41, 5.74) is 1.40. The van der Waals surface area contributed by atoms with E-state index in [1.807, 2.05) is 11.8 Å². The summed E-state index contributed by atoms with van der Waals surface area (Å²) in [6, 6.07) is 8.59. The van der Waals surface area contributed by atoms with Crippen LogP contribution in [-0.4, -0.2) is 12.4 Å². The molecule has 0 saturated heterocycles. The van der Waals surface area contributed by atoms with Gasteiger partial charge in [-0.1, -0.05) is 12.1 Å². The lowest BCUT2D eigenvalue weighted by Crippen LogP contribution is -2.17. The summed E-state index contributed by atoms with van der Waals surface area (Å²) in [6.07, 6.45) is 0. The maximum absolute atomic E-state index is 2.39. The lowest BCUT2D eigenvalue weighted by Gasteiger charge is -2.14. The van der Waals surface area contributed by atoms with Crippen molar-refractivity contribution in [2.75, 3.05) is 17.3 Å². The van der Waals surface area contributed by atoms with Crippen molar-refractivity contribution in [1.82, 2.24) is 0 Å². The molecule has 0 aromatic heterocycles. The van der Waals surface area contributed by atoms with E-state index in [-0.39, 0.29) is 12.4 Å². The van der Waals surface area contributed by atoms with Gasteiger partial charge in [0, 0.05) is 11.4 Å². The number of hydrogen-bond acceptors (Lipinski definition) is 2. The highest BCUT2D eigenvalue weighted by Gasteiger charge is 2.16. The average Bonchev–Trinajstić information content (AvgIpc) is 2.47. The first kappa shape index (κ1) is 9.75. The van der Waals surface area contributed by atoms with Crippen LogP contribution in [0.2, 0.25) is 0 Å². The van der Waals surface area contributed by atoms with Crippen LogP contribution in [-0.2, 0) is 0 Å². The minimum absolute atomic E-state index is 0. The summed E-state index contributed by atoms with van der Waals surface area (Å²) in [5.74, 6) is 1.12. The van der Waals surface area contributed by atoms with Gasteiger partial charge in [-0.25, -0.2) is 0 Å². The number of thioether (sulfide) groups is 1. The smallest absolute Gasteiger partial charge is 0.0686 e. The normalized spacial score (nSPS) is 13.9. The maximum Gasteiger partial charge on any atom is 0.0686 e. The van der Waals surface area contributed by atoms with Crippen LogP contribution in [0.1, 0.15) is 6.92 Å². The van der Waals surface area contributed by atoms with Crippen LogP contribution >= 0.6 is 24.2 Å². The Balaban J connectivity index is 0.000000720. The van der Waals surface area contributed by atoms with Crippen molar-refractivity contribution in [2.45, 2.75) is 11.8 Å². The lowest BCUT2D eigenvalue weighted by atomic mass is 10.3. The highest BCUT2D eigenvalue weighted by molar-refractivity contribution is 7.99. The van der Waals surface area contributed by atoms with E-state index in [1.54, 1.807) is 0 Å². The van der Waals surface area contributed by atoms with Crippen molar-refractivity contribution in [1.29, 1.82) is 0 Å². The van der Waals surface area contributed by atoms with E-state index in [2.05, 4.69) is 36.1 Å². The molecule has 1 aliphatic heterocycles. The Morgan fingerprint density at radius 3 is 2.92 bits per heavy atom. The predicted octanol–water partition coefficient (Wildman–Crippen LogP) is 3.00. The van der Waals surface area contributed by atoms with E-state index in [4.69, 9.17) is 0 Å². The first-order valence-electron chi connectivity index (χ1n) is 3.88. The highest BCUT2D eigenvalue weighted by atomic mass is 35.5. The Morgan fingerprint density at radius 1 is 1.42 bits per heavy atom. The Hall–Kier alpha value is -0.340. The molecule has 1 aromatic rings. The number of anilines is 1. The third-order valence-electron chi connectivity index (χ3n) is 1.96. The minimum Gasteiger partial charge on any atom is -0.361 e. The van der Waals surface area contributed by atoms with Gasteiger partial charge in [-0.15, -0.1) is 24.2 Å². The van der Waals surface area contributed by atoms with Crippen LogP contribution < -0.4 is 4.90 Å². The topological polar surface area (TPSA) is 3.24 Å². The molecule has 0 saturated carbocycles. The van der Waals surface area contributed by atoms with Crippen molar-refractivity contribution in [3.8, 4) is 0 Å². The molecule has 0 atom stereocenters. The van der Waals surface area contributed by atoms with Crippen molar-refractivity contribution >= 4 is 29.9 Å². The number of para-hydroxylation sites is 1. The summed E-state index contributed by atoms with van der Waals surface area (Å²) in [5, 5.41) is 0. The molecule has 12 heavy (non-hydrogen) atoms.